The molecule has 2 heterocycles. The van der Waals surface area contributed by atoms with Crippen LogP contribution in [0.5, 0.6) is 0 Å². The lowest BCUT2D eigenvalue weighted by Crippen LogP contribution is -2.34. The summed E-state index contributed by atoms with van der Waals surface area (Å²) in [4.78, 5) is 39.2. The molecule has 0 bridgehead atoms. The van der Waals surface area contributed by atoms with Gasteiger partial charge >= 0.3 is 0 Å². The lowest BCUT2D eigenvalue weighted by Gasteiger charge is -2.21. The van der Waals surface area contributed by atoms with Crippen molar-refractivity contribution in [2.24, 2.45) is 11.7 Å². The van der Waals surface area contributed by atoms with Crippen LogP contribution < -0.4 is 5.73 Å². The van der Waals surface area contributed by atoms with Gasteiger partial charge < -0.3 is 20.0 Å². The number of furan rings is 1. The Bertz CT molecular complexity index is 799. The summed E-state index contributed by atoms with van der Waals surface area (Å²) < 4.78 is 5.27. The number of amides is 3. The molecule has 1 fully saturated rings. The number of primary amides is 1. The van der Waals surface area contributed by atoms with Crippen LogP contribution in [0.2, 0.25) is 0 Å². The van der Waals surface area contributed by atoms with Crippen LogP contribution in [-0.4, -0.2) is 41.1 Å². The minimum atomic E-state index is -0.484. The minimum absolute atomic E-state index is 0.0426. The second kappa shape index (κ2) is 7.43. The van der Waals surface area contributed by atoms with Gasteiger partial charge in [-0.1, -0.05) is 12.1 Å². The van der Waals surface area contributed by atoms with Gasteiger partial charge in [0.15, 0.2) is 0 Å². The summed E-state index contributed by atoms with van der Waals surface area (Å²) in [7, 11) is 1.71. The lowest BCUT2D eigenvalue weighted by molar-refractivity contribution is -0.135. The predicted octanol–water partition coefficient (Wildman–Crippen LogP) is 1.39. The van der Waals surface area contributed by atoms with Crippen molar-refractivity contribution in [2.75, 3.05) is 13.6 Å². The van der Waals surface area contributed by atoms with Crippen molar-refractivity contribution >= 4 is 17.7 Å². The molecule has 3 amide bonds. The molecular weight excluding hydrogens is 334 g/mol. The molecule has 1 aromatic heterocycles. The van der Waals surface area contributed by atoms with E-state index in [1.807, 2.05) is 6.07 Å². The van der Waals surface area contributed by atoms with Gasteiger partial charge in [-0.05, 0) is 29.8 Å². The fourth-order valence-electron chi connectivity index (χ4n) is 3.12. The number of carbonyl (C=O) groups is 3. The van der Waals surface area contributed by atoms with E-state index >= 15 is 0 Å². The number of nitrogens with two attached hydrogens (primary N) is 1. The zero-order valence-electron chi connectivity index (χ0n) is 14.6. The van der Waals surface area contributed by atoms with Crippen LogP contribution in [0.15, 0.2) is 47.1 Å². The summed E-state index contributed by atoms with van der Waals surface area (Å²) in [6.07, 6.45) is 1.78. The van der Waals surface area contributed by atoms with Crippen molar-refractivity contribution in [3.63, 3.8) is 0 Å². The van der Waals surface area contributed by atoms with Gasteiger partial charge in [0.1, 0.15) is 5.76 Å². The third kappa shape index (κ3) is 3.93. The van der Waals surface area contributed by atoms with Gasteiger partial charge in [0.05, 0.1) is 18.7 Å². The number of benzene rings is 1. The number of nitrogens with zero attached hydrogens (tertiary/aromatic N) is 2. The molecule has 136 valence electrons. The predicted molar refractivity (Wildman–Crippen MR) is 93.7 cm³/mol. The number of hydrogen-bond donors (Lipinski definition) is 1. The Kier molecular flexibility index (Phi) is 5.06. The number of carbonyl (C=O) groups excluding carboxylic acids is 3. The molecule has 0 aliphatic carbocycles. The molecule has 1 aromatic carbocycles. The van der Waals surface area contributed by atoms with Gasteiger partial charge in [0.25, 0.3) is 0 Å². The Hall–Kier alpha value is -3.09. The van der Waals surface area contributed by atoms with E-state index < -0.39 is 5.91 Å². The average Bonchev–Trinajstić information content (AvgIpc) is 3.25. The highest BCUT2D eigenvalue weighted by Crippen LogP contribution is 2.22. The smallest absolute Gasteiger partial charge is 0.248 e. The molecule has 2 aromatic rings. The Morgan fingerprint density at radius 2 is 2.00 bits per heavy atom. The second-order valence-corrected chi connectivity index (χ2v) is 6.51. The molecule has 3 rings (SSSR count). The molecular formula is C19H21N3O4. The summed E-state index contributed by atoms with van der Waals surface area (Å²) in [5.74, 6) is -0.248. The Labute approximate surface area is 151 Å². The first kappa shape index (κ1) is 17.7. The highest BCUT2D eigenvalue weighted by atomic mass is 16.3. The van der Waals surface area contributed by atoms with Crippen LogP contribution >= 0.6 is 0 Å². The van der Waals surface area contributed by atoms with E-state index in [0.29, 0.717) is 31.0 Å². The van der Waals surface area contributed by atoms with E-state index in [1.54, 1.807) is 53.4 Å². The third-order valence-electron chi connectivity index (χ3n) is 4.52. The average molecular weight is 355 g/mol. The Morgan fingerprint density at radius 1 is 1.27 bits per heavy atom. The standard InChI is InChI=1S/C19H21N3O4/c1-21(10-13-4-6-14(7-5-13)18(20)24)19(25)15-9-17(23)22(11-15)12-16-3-2-8-26-16/h2-8,15H,9-12H2,1H3,(H2,20,24)/t15-/m0/s1. The Balaban J connectivity index is 1.58. The van der Waals surface area contributed by atoms with Crippen LogP contribution in [0.1, 0.15) is 28.1 Å². The molecule has 0 unspecified atom stereocenters. The van der Waals surface area contributed by atoms with Crippen LogP contribution in [-0.2, 0) is 22.7 Å². The molecule has 2 N–H and O–H groups in total. The SMILES string of the molecule is CN(Cc1ccc(C(N)=O)cc1)C(=O)[C@H]1CC(=O)N(Cc2ccco2)C1. The first-order valence-electron chi connectivity index (χ1n) is 8.38. The fraction of sp³-hybridized carbons (Fsp3) is 0.316. The third-order valence-corrected chi connectivity index (χ3v) is 4.52. The second-order valence-electron chi connectivity index (χ2n) is 6.51. The molecule has 0 saturated carbocycles. The van der Waals surface area contributed by atoms with E-state index in [-0.39, 0.29) is 24.2 Å². The van der Waals surface area contributed by atoms with Crippen LogP contribution in [0, 0.1) is 5.92 Å². The number of likely N-dealkylation sites (tertiary alicyclic amines) is 1. The van der Waals surface area contributed by atoms with Crippen molar-refractivity contribution in [3.05, 3.63) is 59.5 Å². The fourth-order valence-corrected chi connectivity index (χ4v) is 3.12. The van der Waals surface area contributed by atoms with Gasteiger partial charge in [0, 0.05) is 32.1 Å². The first-order chi connectivity index (χ1) is 12.4. The van der Waals surface area contributed by atoms with Crippen molar-refractivity contribution < 1.29 is 18.8 Å². The highest BCUT2D eigenvalue weighted by Gasteiger charge is 2.36. The molecule has 1 aliphatic rings. The molecule has 1 atom stereocenters. The lowest BCUT2D eigenvalue weighted by atomic mass is 10.1. The van der Waals surface area contributed by atoms with Crippen LogP contribution in [0.3, 0.4) is 0 Å². The van der Waals surface area contributed by atoms with E-state index in [9.17, 15) is 14.4 Å². The number of hydrogen-bond acceptors (Lipinski definition) is 4. The molecule has 1 aliphatic heterocycles. The van der Waals surface area contributed by atoms with E-state index in [0.717, 1.165) is 5.56 Å². The molecule has 0 spiro atoms. The van der Waals surface area contributed by atoms with Gasteiger partial charge in [-0.15, -0.1) is 0 Å². The van der Waals surface area contributed by atoms with Gasteiger partial charge in [-0.2, -0.15) is 0 Å². The largest absolute Gasteiger partial charge is 0.467 e. The van der Waals surface area contributed by atoms with E-state index in [4.69, 9.17) is 10.2 Å². The maximum absolute atomic E-state index is 12.7. The van der Waals surface area contributed by atoms with Crippen LogP contribution in [0.25, 0.3) is 0 Å². The Morgan fingerprint density at radius 3 is 2.62 bits per heavy atom. The molecule has 26 heavy (non-hydrogen) atoms. The zero-order chi connectivity index (χ0) is 18.7. The molecule has 7 heteroatoms. The minimum Gasteiger partial charge on any atom is -0.467 e. The maximum atomic E-state index is 12.7. The normalized spacial score (nSPS) is 16.7. The van der Waals surface area contributed by atoms with Crippen molar-refractivity contribution in [1.82, 2.24) is 9.80 Å². The van der Waals surface area contributed by atoms with Gasteiger partial charge in [0.2, 0.25) is 17.7 Å². The summed E-state index contributed by atoms with van der Waals surface area (Å²) in [6, 6.07) is 10.4. The molecule has 1 saturated heterocycles. The van der Waals surface area contributed by atoms with E-state index in [2.05, 4.69) is 0 Å². The number of rotatable bonds is 6. The summed E-state index contributed by atoms with van der Waals surface area (Å²) in [5.41, 5.74) is 6.54. The topological polar surface area (TPSA) is 96.8 Å². The molecule has 7 nitrogen and oxygen atoms in total. The monoisotopic (exact) mass is 355 g/mol. The highest BCUT2D eigenvalue weighted by molar-refractivity contribution is 5.92. The van der Waals surface area contributed by atoms with Crippen molar-refractivity contribution in [2.45, 2.75) is 19.5 Å². The zero-order valence-corrected chi connectivity index (χ0v) is 14.6. The molecule has 0 radical (unpaired) electrons. The summed E-state index contributed by atoms with van der Waals surface area (Å²) in [6.45, 7) is 1.18. The van der Waals surface area contributed by atoms with Crippen LogP contribution in [0.4, 0.5) is 0 Å². The summed E-state index contributed by atoms with van der Waals surface area (Å²) in [5, 5.41) is 0. The van der Waals surface area contributed by atoms with Gasteiger partial charge in [-0.25, -0.2) is 0 Å². The maximum Gasteiger partial charge on any atom is 0.248 e. The van der Waals surface area contributed by atoms with Crippen molar-refractivity contribution in [3.8, 4) is 0 Å². The van der Waals surface area contributed by atoms with Crippen molar-refractivity contribution in [1.29, 1.82) is 0 Å². The first-order valence-corrected chi connectivity index (χ1v) is 8.38. The quantitative estimate of drug-likeness (QED) is 0.847. The van der Waals surface area contributed by atoms with Gasteiger partial charge in [-0.3, -0.25) is 14.4 Å². The summed E-state index contributed by atoms with van der Waals surface area (Å²) >= 11 is 0. The van der Waals surface area contributed by atoms with E-state index in [1.165, 1.54) is 0 Å².